The van der Waals surface area contributed by atoms with Gasteiger partial charge in [-0.3, -0.25) is 9.59 Å². The molecular weight excluding hydrogens is 449 g/mol. The summed E-state index contributed by atoms with van der Waals surface area (Å²) in [5, 5.41) is 18.7. The number of carbonyl (C=O) groups is 2. The second-order valence-electron chi connectivity index (χ2n) is 4.58. The lowest BCUT2D eigenvalue weighted by atomic mass is 10.2. The molecule has 8 nitrogen and oxygen atoms in total. The van der Waals surface area contributed by atoms with E-state index < -0.39 is 11.2 Å². The lowest BCUT2D eigenvalue weighted by molar-refractivity contribution is -0.138. The largest absolute Gasteiger partial charge is 0.493 e. The molecule has 1 aliphatic rings. The third-order valence-electron chi connectivity index (χ3n) is 2.95. The number of methoxy groups -OCH3 is 2. The third-order valence-corrected chi connectivity index (χ3v) is 4.82. The molecular formula is C14H14IN3O5S. The number of hydrogen-bond acceptors (Lipinski definition) is 7. The molecule has 1 aromatic rings. The summed E-state index contributed by atoms with van der Waals surface area (Å²) in [6, 6.07) is 3.59. The summed E-state index contributed by atoms with van der Waals surface area (Å²) >= 11 is 3.17. The highest BCUT2D eigenvalue weighted by molar-refractivity contribution is 14.1. The first-order valence-corrected chi connectivity index (χ1v) is 8.62. The van der Waals surface area contributed by atoms with E-state index in [0.717, 1.165) is 20.9 Å². The lowest BCUT2D eigenvalue weighted by Crippen LogP contribution is -2.26. The van der Waals surface area contributed by atoms with E-state index in [1.165, 1.54) is 6.21 Å². The number of carboxylic acid groups (broad SMARTS) is 1. The number of halogens is 1. The summed E-state index contributed by atoms with van der Waals surface area (Å²) in [5.41, 5.74) is 0.748. The maximum atomic E-state index is 11.6. The molecule has 1 saturated heterocycles. The maximum absolute atomic E-state index is 11.6. The van der Waals surface area contributed by atoms with E-state index in [4.69, 9.17) is 14.6 Å². The Hall–Kier alpha value is -1.82. The van der Waals surface area contributed by atoms with Crippen LogP contribution in [-0.2, 0) is 9.59 Å². The van der Waals surface area contributed by atoms with E-state index >= 15 is 0 Å². The number of thioether (sulfide) groups is 1. The number of carboxylic acids is 1. The predicted octanol–water partition coefficient (Wildman–Crippen LogP) is 1.70. The van der Waals surface area contributed by atoms with Crippen LogP contribution in [0.15, 0.2) is 22.3 Å². The number of carbonyl (C=O) groups excluding carboxylic acids is 1. The molecule has 0 radical (unpaired) electrons. The molecule has 1 amide bonds. The zero-order chi connectivity index (χ0) is 17.7. The van der Waals surface area contributed by atoms with Gasteiger partial charge in [0.05, 0.1) is 30.4 Å². The minimum atomic E-state index is -1.03. The minimum Gasteiger partial charge on any atom is -0.493 e. The van der Waals surface area contributed by atoms with Crippen molar-refractivity contribution in [3.63, 3.8) is 0 Å². The topological polar surface area (TPSA) is 110 Å². The van der Waals surface area contributed by atoms with Gasteiger partial charge in [-0.15, -0.1) is 5.10 Å². The number of benzene rings is 1. The van der Waals surface area contributed by atoms with Gasteiger partial charge in [-0.2, -0.15) is 5.10 Å². The number of aliphatic carboxylic acids is 1. The second-order valence-corrected chi connectivity index (χ2v) is 6.94. The van der Waals surface area contributed by atoms with Crippen LogP contribution in [0.4, 0.5) is 0 Å². The summed E-state index contributed by atoms with van der Waals surface area (Å²) in [6.45, 7) is 0. The SMILES string of the molecule is COc1cc(/C=N\N=C2\NC(=O)[C@H](CC(=O)O)S2)cc(I)c1OC. The van der Waals surface area contributed by atoms with E-state index in [1.54, 1.807) is 20.3 Å². The van der Waals surface area contributed by atoms with Crippen LogP contribution in [0.2, 0.25) is 0 Å². The van der Waals surface area contributed by atoms with Gasteiger partial charge >= 0.3 is 5.97 Å². The van der Waals surface area contributed by atoms with Crippen molar-refractivity contribution in [1.29, 1.82) is 0 Å². The Balaban J connectivity index is 2.10. The van der Waals surface area contributed by atoms with Crippen LogP contribution in [0.5, 0.6) is 11.5 Å². The van der Waals surface area contributed by atoms with Gasteiger partial charge in [0.2, 0.25) is 5.91 Å². The Morgan fingerprint density at radius 3 is 2.83 bits per heavy atom. The van der Waals surface area contributed by atoms with E-state index in [-0.39, 0.29) is 17.5 Å². The molecule has 24 heavy (non-hydrogen) atoms. The summed E-state index contributed by atoms with van der Waals surface area (Å²) in [4.78, 5) is 22.3. The number of ether oxygens (including phenoxy) is 2. The predicted molar refractivity (Wildman–Crippen MR) is 99.1 cm³/mol. The third kappa shape index (κ3) is 4.60. The molecule has 0 bridgehead atoms. The van der Waals surface area contributed by atoms with Crippen molar-refractivity contribution in [3.05, 3.63) is 21.3 Å². The molecule has 0 saturated carbocycles. The van der Waals surface area contributed by atoms with Crippen molar-refractivity contribution < 1.29 is 24.2 Å². The Labute approximate surface area is 155 Å². The van der Waals surface area contributed by atoms with Gasteiger partial charge in [-0.05, 0) is 40.3 Å². The molecule has 10 heteroatoms. The minimum absolute atomic E-state index is 0.257. The first-order valence-electron chi connectivity index (χ1n) is 6.66. The fourth-order valence-electron chi connectivity index (χ4n) is 1.91. The number of nitrogens with one attached hydrogen (secondary N) is 1. The van der Waals surface area contributed by atoms with Crippen LogP contribution >= 0.6 is 34.4 Å². The fourth-order valence-corrected chi connectivity index (χ4v) is 3.67. The summed E-state index contributed by atoms with van der Waals surface area (Å²) in [7, 11) is 3.11. The molecule has 0 spiro atoms. The maximum Gasteiger partial charge on any atom is 0.305 e. The average molecular weight is 463 g/mol. The highest BCUT2D eigenvalue weighted by Crippen LogP contribution is 2.33. The van der Waals surface area contributed by atoms with Crippen molar-refractivity contribution >= 4 is 57.6 Å². The molecule has 0 aromatic heterocycles. The second kappa shape index (κ2) is 8.33. The van der Waals surface area contributed by atoms with Crippen molar-refractivity contribution in [3.8, 4) is 11.5 Å². The molecule has 1 heterocycles. The first-order chi connectivity index (χ1) is 11.4. The molecule has 2 rings (SSSR count). The number of rotatable bonds is 6. The van der Waals surface area contributed by atoms with E-state index in [2.05, 4.69) is 38.1 Å². The summed E-state index contributed by atoms with van der Waals surface area (Å²) in [6.07, 6.45) is 1.25. The molecule has 1 fully saturated rings. The number of hydrogen-bond donors (Lipinski definition) is 2. The molecule has 1 aliphatic heterocycles. The van der Waals surface area contributed by atoms with E-state index in [0.29, 0.717) is 11.5 Å². The Bertz CT molecular complexity index is 723. The number of nitrogens with zero attached hydrogens (tertiary/aromatic N) is 2. The van der Waals surface area contributed by atoms with Crippen LogP contribution in [0.1, 0.15) is 12.0 Å². The van der Waals surface area contributed by atoms with Crippen LogP contribution in [-0.4, -0.2) is 47.8 Å². The van der Waals surface area contributed by atoms with Gasteiger partial charge in [0.25, 0.3) is 0 Å². The normalized spacial score (nSPS) is 18.9. The van der Waals surface area contributed by atoms with Gasteiger partial charge in [-0.25, -0.2) is 0 Å². The monoisotopic (exact) mass is 463 g/mol. The van der Waals surface area contributed by atoms with Gasteiger partial charge in [-0.1, -0.05) is 11.8 Å². The molecule has 0 unspecified atom stereocenters. The van der Waals surface area contributed by atoms with Crippen LogP contribution in [0.25, 0.3) is 0 Å². The Morgan fingerprint density at radius 2 is 2.21 bits per heavy atom. The zero-order valence-electron chi connectivity index (χ0n) is 12.8. The highest BCUT2D eigenvalue weighted by atomic mass is 127. The average Bonchev–Trinajstić information content (AvgIpc) is 2.85. The van der Waals surface area contributed by atoms with E-state index in [1.807, 2.05) is 6.07 Å². The summed E-state index contributed by atoms with van der Waals surface area (Å²) < 4.78 is 11.4. The zero-order valence-corrected chi connectivity index (χ0v) is 15.8. The lowest BCUT2D eigenvalue weighted by Gasteiger charge is -2.09. The van der Waals surface area contributed by atoms with Gasteiger partial charge < -0.3 is 19.9 Å². The first kappa shape index (κ1) is 18.5. The quantitative estimate of drug-likeness (QED) is 0.378. The van der Waals surface area contributed by atoms with E-state index in [9.17, 15) is 9.59 Å². The van der Waals surface area contributed by atoms with Crippen molar-refractivity contribution in [1.82, 2.24) is 5.32 Å². The van der Waals surface area contributed by atoms with Crippen LogP contribution in [0, 0.1) is 3.57 Å². The molecule has 1 aromatic carbocycles. The standard InChI is InChI=1S/C14H14IN3O5S/c1-22-9-4-7(3-8(15)12(9)23-2)6-16-18-14-17-13(21)10(24-14)5-11(19)20/h3-4,6,10H,5H2,1-2H3,(H,19,20)(H,17,18,21)/b16-6-/t10-/m0/s1. The summed E-state index contributed by atoms with van der Waals surface area (Å²) in [5.74, 6) is -0.204. The van der Waals surface area contributed by atoms with Gasteiger partial charge in [0, 0.05) is 0 Å². The van der Waals surface area contributed by atoms with Crippen LogP contribution in [0.3, 0.4) is 0 Å². The Kier molecular flexibility index (Phi) is 6.43. The molecule has 128 valence electrons. The number of amides is 1. The van der Waals surface area contributed by atoms with Crippen molar-refractivity contribution in [2.24, 2.45) is 10.2 Å². The molecule has 1 atom stereocenters. The van der Waals surface area contributed by atoms with Gasteiger partial charge in [0.1, 0.15) is 5.25 Å². The van der Waals surface area contributed by atoms with Crippen molar-refractivity contribution in [2.75, 3.05) is 14.2 Å². The number of amidine groups is 1. The van der Waals surface area contributed by atoms with Gasteiger partial charge in [0.15, 0.2) is 16.7 Å². The van der Waals surface area contributed by atoms with Crippen molar-refractivity contribution in [2.45, 2.75) is 11.7 Å². The fraction of sp³-hybridized carbons (Fsp3) is 0.286. The molecule has 2 N–H and O–H groups in total. The smallest absolute Gasteiger partial charge is 0.305 e. The Morgan fingerprint density at radius 1 is 1.46 bits per heavy atom. The van der Waals surface area contributed by atoms with Crippen LogP contribution < -0.4 is 14.8 Å². The highest BCUT2D eigenvalue weighted by Gasteiger charge is 2.32. The molecule has 0 aliphatic carbocycles.